The van der Waals surface area contributed by atoms with Crippen molar-refractivity contribution < 1.29 is 34.2 Å². The maximum absolute atomic E-state index is 13.3. The number of aromatic hydroxyl groups is 1. The Bertz CT molecular complexity index is 958. The van der Waals surface area contributed by atoms with Gasteiger partial charge in [0.2, 0.25) is 23.6 Å². The number of benzene rings is 1. The predicted molar refractivity (Wildman–Crippen MR) is 144 cm³/mol. The minimum Gasteiger partial charge on any atom is -0.508 e. The van der Waals surface area contributed by atoms with Gasteiger partial charge >= 0.3 is 5.97 Å². The highest BCUT2D eigenvalue weighted by Gasteiger charge is 2.31. The lowest BCUT2D eigenvalue weighted by molar-refractivity contribution is -0.142. The Morgan fingerprint density at radius 1 is 0.895 bits per heavy atom. The lowest BCUT2D eigenvalue weighted by atomic mass is 10.00. The van der Waals surface area contributed by atoms with Gasteiger partial charge in [0.15, 0.2) is 0 Å². The van der Waals surface area contributed by atoms with Crippen LogP contribution in [0.1, 0.15) is 45.1 Å². The number of carbonyl (C=O) groups is 5. The minimum absolute atomic E-state index is 0.00713. The van der Waals surface area contributed by atoms with Crippen molar-refractivity contribution in [2.45, 2.75) is 70.1 Å². The number of thioether (sulfide) groups is 1. The van der Waals surface area contributed by atoms with Crippen LogP contribution in [0.15, 0.2) is 24.3 Å². The Labute approximate surface area is 226 Å². The van der Waals surface area contributed by atoms with Crippen molar-refractivity contribution in [3.8, 4) is 5.75 Å². The van der Waals surface area contributed by atoms with E-state index in [2.05, 4.69) is 16.0 Å². The fourth-order valence-corrected chi connectivity index (χ4v) is 4.00. The summed E-state index contributed by atoms with van der Waals surface area (Å²) in [4.78, 5) is 61.7. The Morgan fingerprint density at radius 3 is 1.97 bits per heavy atom. The van der Waals surface area contributed by atoms with Crippen LogP contribution in [-0.2, 0) is 30.4 Å². The van der Waals surface area contributed by atoms with Crippen molar-refractivity contribution in [2.24, 2.45) is 17.4 Å². The molecule has 4 unspecified atom stereocenters. The molecule has 0 aliphatic carbocycles. The standard InChI is InChI=1S/C25H39N5O7S/c1-14(2)12-19(29-22(33)17(26)8-9-21(27)32)23(34)30-20(13-15-4-6-16(31)7-5-15)24(35)28-18(25(36)37)10-11-38-3/h4-7,14,17-20,31H,8-13,26H2,1-3H3,(H2,27,32)(H,28,35)(H,29,33)(H,30,34)(H,36,37). The summed E-state index contributed by atoms with van der Waals surface area (Å²) in [6.45, 7) is 3.70. The molecule has 1 aromatic rings. The number of carbonyl (C=O) groups excluding carboxylic acids is 4. The van der Waals surface area contributed by atoms with Gasteiger partial charge in [0.1, 0.15) is 23.9 Å². The molecule has 1 rings (SSSR count). The van der Waals surface area contributed by atoms with Gasteiger partial charge in [0.05, 0.1) is 6.04 Å². The molecule has 0 saturated carbocycles. The maximum Gasteiger partial charge on any atom is 0.326 e. The molecule has 13 heteroatoms. The van der Waals surface area contributed by atoms with Crippen molar-refractivity contribution in [3.05, 3.63) is 29.8 Å². The van der Waals surface area contributed by atoms with E-state index in [1.807, 2.05) is 20.1 Å². The number of rotatable bonds is 17. The van der Waals surface area contributed by atoms with Crippen LogP contribution in [0, 0.1) is 5.92 Å². The number of phenolic OH excluding ortho intramolecular Hbond substituents is 1. The molecule has 212 valence electrons. The number of nitrogens with two attached hydrogens (primary N) is 2. The first-order valence-corrected chi connectivity index (χ1v) is 13.7. The van der Waals surface area contributed by atoms with Crippen LogP contribution in [-0.4, -0.2) is 76.0 Å². The van der Waals surface area contributed by atoms with E-state index < -0.39 is 53.8 Å². The van der Waals surface area contributed by atoms with Crippen molar-refractivity contribution in [1.82, 2.24) is 16.0 Å². The molecule has 0 aliphatic heterocycles. The van der Waals surface area contributed by atoms with Gasteiger partial charge in [-0.05, 0) is 54.9 Å². The Hall–Kier alpha value is -3.32. The van der Waals surface area contributed by atoms with E-state index in [4.69, 9.17) is 11.5 Å². The summed E-state index contributed by atoms with van der Waals surface area (Å²) in [6.07, 6.45) is 2.17. The van der Waals surface area contributed by atoms with Gasteiger partial charge in [0.25, 0.3) is 0 Å². The zero-order chi connectivity index (χ0) is 28.8. The third-order valence-electron chi connectivity index (χ3n) is 5.61. The van der Waals surface area contributed by atoms with E-state index in [1.54, 1.807) is 12.1 Å². The second-order valence-electron chi connectivity index (χ2n) is 9.41. The van der Waals surface area contributed by atoms with Crippen molar-refractivity contribution in [3.63, 3.8) is 0 Å². The van der Waals surface area contributed by atoms with Crippen LogP contribution in [0.25, 0.3) is 0 Å². The van der Waals surface area contributed by atoms with Gasteiger partial charge in [0, 0.05) is 12.8 Å². The molecule has 4 atom stereocenters. The zero-order valence-corrected chi connectivity index (χ0v) is 22.8. The van der Waals surface area contributed by atoms with Gasteiger partial charge in [-0.1, -0.05) is 26.0 Å². The summed E-state index contributed by atoms with van der Waals surface area (Å²) < 4.78 is 0. The molecule has 1 aromatic carbocycles. The van der Waals surface area contributed by atoms with Crippen molar-refractivity contribution >= 4 is 41.4 Å². The summed E-state index contributed by atoms with van der Waals surface area (Å²) in [7, 11) is 0. The van der Waals surface area contributed by atoms with Crippen LogP contribution < -0.4 is 27.4 Å². The molecule has 38 heavy (non-hydrogen) atoms. The Morgan fingerprint density at radius 2 is 1.45 bits per heavy atom. The average Bonchev–Trinajstić information content (AvgIpc) is 2.84. The van der Waals surface area contributed by atoms with Gasteiger partial charge < -0.3 is 37.6 Å². The number of amides is 4. The van der Waals surface area contributed by atoms with Crippen LogP contribution in [0.2, 0.25) is 0 Å². The third-order valence-corrected chi connectivity index (χ3v) is 6.26. The summed E-state index contributed by atoms with van der Waals surface area (Å²) in [5.41, 5.74) is 11.6. The van der Waals surface area contributed by atoms with E-state index in [1.165, 1.54) is 23.9 Å². The Kier molecular flexibility index (Phi) is 14.2. The van der Waals surface area contributed by atoms with E-state index in [-0.39, 0.29) is 43.8 Å². The average molecular weight is 554 g/mol. The second-order valence-corrected chi connectivity index (χ2v) is 10.4. The molecule has 0 aliphatic rings. The summed E-state index contributed by atoms with van der Waals surface area (Å²) in [5.74, 6) is -3.28. The van der Waals surface area contributed by atoms with Crippen LogP contribution in [0.4, 0.5) is 0 Å². The highest BCUT2D eigenvalue weighted by atomic mass is 32.2. The molecule has 0 bridgehead atoms. The van der Waals surface area contributed by atoms with Crippen LogP contribution in [0.5, 0.6) is 5.75 Å². The number of nitrogens with one attached hydrogen (secondary N) is 3. The maximum atomic E-state index is 13.3. The minimum atomic E-state index is -1.20. The molecule has 0 fully saturated rings. The predicted octanol–water partition coefficient (Wildman–Crippen LogP) is -0.134. The first kappa shape index (κ1) is 32.7. The first-order chi connectivity index (χ1) is 17.8. The quantitative estimate of drug-likeness (QED) is 0.137. The lowest BCUT2D eigenvalue weighted by Crippen LogP contribution is -2.58. The smallest absolute Gasteiger partial charge is 0.326 e. The number of carboxylic acids is 1. The highest BCUT2D eigenvalue weighted by molar-refractivity contribution is 7.98. The normalized spacial score (nSPS) is 14.1. The molecule has 0 aromatic heterocycles. The summed E-state index contributed by atoms with van der Waals surface area (Å²) >= 11 is 1.44. The van der Waals surface area contributed by atoms with Gasteiger partial charge in [-0.3, -0.25) is 19.2 Å². The molecular weight excluding hydrogens is 514 g/mol. The second kappa shape index (κ2) is 16.5. The molecule has 0 saturated heterocycles. The topological polar surface area (TPSA) is 214 Å². The first-order valence-electron chi connectivity index (χ1n) is 12.3. The molecule has 12 nitrogen and oxygen atoms in total. The summed E-state index contributed by atoms with van der Waals surface area (Å²) in [6, 6.07) is 1.60. The van der Waals surface area contributed by atoms with Crippen LogP contribution >= 0.6 is 11.8 Å². The third kappa shape index (κ3) is 12.3. The fraction of sp³-hybridized carbons (Fsp3) is 0.560. The van der Waals surface area contributed by atoms with Crippen molar-refractivity contribution in [1.29, 1.82) is 0 Å². The fourth-order valence-electron chi connectivity index (χ4n) is 3.53. The molecule has 9 N–H and O–H groups in total. The number of aliphatic carboxylic acids is 1. The lowest BCUT2D eigenvalue weighted by Gasteiger charge is -2.26. The summed E-state index contributed by atoms with van der Waals surface area (Å²) in [5, 5.41) is 26.8. The van der Waals surface area contributed by atoms with Gasteiger partial charge in [-0.25, -0.2) is 4.79 Å². The molecular formula is C25H39N5O7S. The number of primary amides is 1. The number of carboxylic acid groups (broad SMARTS) is 1. The molecule has 0 spiro atoms. The molecule has 0 heterocycles. The SMILES string of the molecule is CSCCC(NC(=O)C(Cc1ccc(O)cc1)NC(=O)C(CC(C)C)NC(=O)C(N)CCC(N)=O)C(=O)O. The largest absolute Gasteiger partial charge is 0.508 e. The van der Waals surface area contributed by atoms with E-state index in [9.17, 15) is 34.2 Å². The van der Waals surface area contributed by atoms with Crippen molar-refractivity contribution in [2.75, 3.05) is 12.0 Å². The van der Waals surface area contributed by atoms with Gasteiger partial charge in [-0.15, -0.1) is 0 Å². The number of hydrogen-bond acceptors (Lipinski definition) is 8. The highest BCUT2D eigenvalue weighted by Crippen LogP contribution is 2.13. The van der Waals surface area contributed by atoms with Crippen LogP contribution in [0.3, 0.4) is 0 Å². The van der Waals surface area contributed by atoms with Gasteiger partial charge in [-0.2, -0.15) is 11.8 Å². The van der Waals surface area contributed by atoms with E-state index in [0.717, 1.165) is 0 Å². The Balaban J connectivity index is 3.12. The van der Waals surface area contributed by atoms with E-state index >= 15 is 0 Å². The molecule has 0 radical (unpaired) electrons. The zero-order valence-electron chi connectivity index (χ0n) is 21.9. The molecule has 4 amide bonds. The van der Waals surface area contributed by atoms with E-state index in [0.29, 0.717) is 11.3 Å². The number of hydrogen-bond donors (Lipinski definition) is 7. The number of phenols is 1. The monoisotopic (exact) mass is 553 g/mol.